The van der Waals surface area contributed by atoms with Crippen LogP contribution in [0.25, 0.3) is 10.9 Å². The Morgan fingerprint density at radius 1 is 1.28 bits per heavy atom. The number of amides is 2. The molecule has 0 aliphatic carbocycles. The molecule has 0 spiro atoms. The molecule has 0 fully saturated rings. The van der Waals surface area contributed by atoms with Crippen molar-refractivity contribution < 1.29 is 14.3 Å². The smallest absolute Gasteiger partial charge is 0.271 e. The summed E-state index contributed by atoms with van der Waals surface area (Å²) in [6.45, 7) is 4.56. The highest BCUT2D eigenvalue weighted by Gasteiger charge is 2.21. The molecule has 0 aliphatic rings. The van der Waals surface area contributed by atoms with Crippen molar-refractivity contribution in [2.24, 2.45) is 11.7 Å². The molecule has 1 heterocycles. The van der Waals surface area contributed by atoms with Gasteiger partial charge in [-0.2, -0.15) is 0 Å². The first-order valence-electron chi connectivity index (χ1n) is 7.90. The highest BCUT2D eigenvalue weighted by Crippen LogP contribution is 2.35. The van der Waals surface area contributed by atoms with Crippen molar-refractivity contribution in [3.63, 3.8) is 0 Å². The first-order chi connectivity index (χ1) is 11.9. The van der Waals surface area contributed by atoms with Gasteiger partial charge in [-0.05, 0) is 41.4 Å². The Kier molecular flexibility index (Phi) is 6.40. The largest absolute Gasteiger partial charge is 0.483 e. The fourth-order valence-corrected chi connectivity index (χ4v) is 3.18. The lowest BCUT2D eigenvalue weighted by Gasteiger charge is -2.10. The number of halogens is 1. The number of nitrogens with zero attached hydrogens (tertiary/aromatic N) is 1. The van der Waals surface area contributed by atoms with Crippen LogP contribution in [0, 0.1) is 6.92 Å². The zero-order valence-corrected chi connectivity index (χ0v) is 15.8. The van der Waals surface area contributed by atoms with E-state index in [1.165, 1.54) is 0 Å². The Bertz CT molecular complexity index is 803. The van der Waals surface area contributed by atoms with Gasteiger partial charge >= 0.3 is 0 Å². The molecule has 2 aromatic rings. The number of ether oxygens (including phenoxy) is 1. The van der Waals surface area contributed by atoms with E-state index in [1.54, 1.807) is 6.07 Å². The number of fused-ring (bicyclic) bond motifs is 1. The third-order valence-electron chi connectivity index (χ3n) is 3.99. The molecule has 0 atom stereocenters. The molecular formula is C16H22BrN5O3. The van der Waals surface area contributed by atoms with Crippen molar-refractivity contribution in [2.45, 2.75) is 33.2 Å². The Morgan fingerprint density at radius 3 is 2.60 bits per heavy atom. The van der Waals surface area contributed by atoms with Crippen LogP contribution in [0.2, 0.25) is 0 Å². The Labute approximate surface area is 153 Å². The molecule has 6 N–H and O–H groups in total. The Balaban J connectivity index is 2.57. The quantitative estimate of drug-likeness (QED) is 0.312. The number of nitrogens with two attached hydrogens (primary N) is 2. The van der Waals surface area contributed by atoms with E-state index in [9.17, 15) is 9.59 Å². The molecule has 2 rings (SSSR count). The van der Waals surface area contributed by atoms with Gasteiger partial charge in [0.25, 0.3) is 11.8 Å². The number of hydrazine groups is 2. The number of carbonyl (C=O) groups excluding carboxylic acids is 2. The van der Waals surface area contributed by atoms with Crippen molar-refractivity contribution in [3.05, 3.63) is 27.9 Å². The van der Waals surface area contributed by atoms with Crippen molar-refractivity contribution in [1.29, 1.82) is 0 Å². The summed E-state index contributed by atoms with van der Waals surface area (Å²) >= 11 is 3.45. The number of carbonyl (C=O) groups is 2. The van der Waals surface area contributed by atoms with Crippen LogP contribution in [-0.4, -0.2) is 23.0 Å². The fourth-order valence-electron chi connectivity index (χ4n) is 2.74. The van der Waals surface area contributed by atoms with Gasteiger partial charge in [0.15, 0.2) is 6.61 Å². The van der Waals surface area contributed by atoms with E-state index < -0.39 is 5.91 Å². The SMILES string of the molecule is CCCCn1c(C)c(C(=O)NN)c2cc(OCC(=O)NN)c(Br)cc21. The van der Waals surface area contributed by atoms with Gasteiger partial charge in [-0.1, -0.05) is 13.3 Å². The van der Waals surface area contributed by atoms with Crippen LogP contribution in [0.3, 0.4) is 0 Å². The number of hydrogen-bond donors (Lipinski definition) is 4. The van der Waals surface area contributed by atoms with Gasteiger partial charge in [-0.3, -0.25) is 20.4 Å². The van der Waals surface area contributed by atoms with E-state index in [1.807, 2.05) is 18.4 Å². The number of rotatable bonds is 7. The minimum Gasteiger partial charge on any atom is -0.483 e. The predicted octanol–water partition coefficient (Wildman–Crippen LogP) is 1.48. The van der Waals surface area contributed by atoms with Crippen molar-refractivity contribution >= 4 is 38.6 Å². The van der Waals surface area contributed by atoms with Gasteiger partial charge in [0, 0.05) is 17.6 Å². The molecule has 0 saturated heterocycles. The van der Waals surface area contributed by atoms with Crippen LogP contribution in [0.4, 0.5) is 0 Å². The lowest BCUT2D eigenvalue weighted by molar-refractivity contribution is -0.123. The molecule has 8 nitrogen and oxygen atoms in total. The zero-order valence-electron chi connectivity index (χ0n) is 14.2. The number of hydrogen-bond acceptors (Lipinski definition) is 5. The Morgan fingerprint density at radius 2 is 2.00 bits per heavy atom. The molecule has 0 radical (unpaired) electrons. The molecule has 0 saturated carbocycles. The van der Waals surface area contributed by atoms with E-state index in [-0.39, 0.29) is 12.5 Å². The van der Waals surface area contributed by atoms with Crippen LogP contribution in [0.1, 0.15) is 35.8 Å². The molecule has 25 heavy (non-hydrogen) atoms. The van der Waals surface area contributed by atoms with Crippen molar-refractivity contribution in [1.82, 2.24) is 15.4 Å². The summed E-state index contributed by atoms with van der Waals surface area (Å²) < 4.78 is 8.25. The highest BCUT2D eigenvalue weighted by molar-refractivity contribution is 9.10. The number of nitrogen functional groups attached to an aromatic ring is 1. The molecule has 0 aliphatic heterocycles. The number of unbranched alkanes of at least 4 members (excludes halogenated alkanes) is 1. The minimum atomic E-state index is -0.455. The minimum absolute atomic E-state index is 0.228. The van der Waals surface area contributed by atoms with Crippen LogP contribution in [-0.2, 0) is 11.3 Å². The maximum Gasteiger partial charge on any atom is 0.271 e. The Hall–Kier alpha value is -2.10. The summed E-state index contributed by atoms with van der Waals surface area (Å²) in [5, 5.41) is 0.711. The first-order valence-corrected chi connectivity index (χ1v) is 8.69. The second-order valence-electron chi connectivity index (χ2n) is 5.60. The third kappa shape index (κ3) is 3.94. The molecule has 136 valence electrons. The predicted molar refractivity (Wildman–Crippen MR) is 98.8 cm³/mol. The van der Waals surface area contributed by atoms with Crippen molar-refractivity contribution in [3.8, 4) is 5.75 Å². The van der Waals surface area contributed by atoms with Gasteiger partial charge in [0.05, 0.1) is 15.6 Å². The number of aryl methyl sites for hydroxylation is 1. The normalized spacial score (nSPS) is 10.8. The average Bonchev–Trinajstić information content (AvgIpc) is 2.87. The summed E-state index contributed by atoms with van der Waals surface area (Å²) in [4.78, 5) is 23.6. The van der Waals surface area contributed by atoms with E-state index in [4.69, 9.17) is 16.4 Å². The second-order valence-corrected chi connectivity index (χ2v) is 6.45. The topological polar surface area (TPSA) is 124 Å². The molecule has 9 heteroatoms. The summed E-state index contributed by atoms with van der Waals surface area (Å²) in [6.07, 6.45) is 2.02. The lowest BCUT2D eigenvalue weighted by Crippen LogP contribution is -2.34. The monoisotopic (exact) mass is 411 g/mol. The maximum atomic E-state index is 12.3. The highest BCUT2D eigenvalue weighted by atomic mass is 79.9. The standard InChI is InChI=1S/C16H22BrN5O3/c1-3-4-5-22-9(2)15(16(24)21-19)10-6-13(11(17)7-12(10)22)25-8-14(23)20-18/h6-7H,3-5,8,18-19H2,1-2H3,(H,20,23)(H,21,24). The van der Waals surface area contributed by atoms with E-state index in [0.717, 1.165) is 30.6 Å². The summed E-state index contributed by atoms with van der Waals surface area (Å²) in [6, 6.07) is 3.60. The molecule has 2 amide bonds. The van der Waals surface area contributed by atoms with E-state index in [0.29, 0.717) is 21.2 Å². The van der Waals surface area contributed by atoms with E-state index in [2.05, 4.69) is 32.8 Å². The maximum absolute atomic E-state index is 12.3. The summed E-state index contributed by atoms with van der Waals surface area (Å²) in [5.41, 5.74) is 6.41. The second kappa shape index (κ2) is 8.32. The zero-order chi connectivity index (χ0) is 18.6. The van der Waals surface area contributed by atoms with Crippen molar-refractivity contribution in [2.75, 3.05) is 6.61 Å². The fraction of sp³-hybridized carbons (Fsp3) is 0.375. The van der Waals surface area contributed by atoms with Crippen LogP contribution < -0.4 is 27.3 Å². The third-order valence-corrected chi connectivity index (χ3v) is 4.61. The van der Waals surface area contributed by atoms with Gasteiger partial charge in [-0.15, -0.1) is 0 Å². The first kappa shape index (κ1) is 19.2. The molecule has 0 unspecified atom stereocenters. The summed E-state index contributed by atoms with van der Waals surface area (Å²) in [7, 11) is 0. The van der Waals surface area contributed by atoms with Gasteiger partial charge in [-0.25, -0.2) is 11.7 Å². The molecule has 1 aromatic carbocycles. The van der Waals surface area contributed by atoms with Gasteiger partial charge in [0.2, 0.25) is 0 Å². The number of aromatic nitrogens is 1. The van der Waals surface area contributed by atoms with Crippen LogP contribution in [0.5, 0.6) is 5.75 Å². The number of benzene rings is 1. The van der Waals surface area contributed by atoms with Gasteiger partial charge in [0.1, 0.15) is 5.75 Å². The number of nitrogens with one attached hydrogen (secondary N) is 2. The summed E-state index contributed by atoms with van der Waals surface area (Å²) in [5.74, 6) is 10.0. The van der Waals surface area contributed by atoms with Crippen LogP contribution >= 0.6 is 15.9 Å². The molecule has 0 bridgehead atoms. The van der Waals surface area contributed by atoms with E-state index >= 15 is 0 Å². The average molecular weight is 412 g/mol. The van der Waals surface area contributed by atoms with Gasteiger partial charge < -0.3 is 9.30 Å². The molecule has 1 aromatic heterocycles. The lowest BCUT2D eigenvalue weighted by atomic mass is 10.1. The van der Waals surface area contributed by atoms with Crippen LogP contribution in [0.15, 0.2) is 16.6 Å². The molecular weight excluding hydrogens is 390 g/mol.